The van der Waals surface area contributed by atoms with Crippen molar-refractivity contribution in [1.82, 2.24) is 19.6 Å². The zero-order valence-corrected chi connectivity index (χ0v) is 14.8. The molecule has 2 heterocycles. The Kier molecular flexibility index (Phi) is 5.86. The lowest BCUT2D eigenvalue weighted by Gasteiger charge is -2.34. The fourth-order valence-electron chi connectivity index (χ4n) is 3.29. The van der Waals surface area contributed by atoms with Crippen LogP contribution in [0.2, 0.25) is 0 Å². The minimum Gasteiger partial charge on any atom is -0.383 e. The monoisotopic (exact) mass is 335 g/mol. The average Bonchev–Trinajstić information content (AvgIpc) is 3.33. The summed E-state index contributed by atoms with van der Waals surface area (Å²) in [6.07, 6.45) is 4.30. The van der Waals surface area contributed by atoms with Crippen molar-refractivity contribution in [2.24, 2.45) is 5.92 Å². The summed E-state index contributed by atoms with van der Waals surface area (Å²) in [5, 5.41) is 7.42. The molecule has 1 aromatic rings. The summed E-state index contributed by atoms with van der Waals surface area (Å²) in [5.41, 5.74) is 0. The molecule has 1 atom stereocenters. The maximum atomic E-state index is 12.4. The van der Waals surface area contributed by atoms with Gasteiger partial charge in [0.05, 0.1) is 25.4 Å². The molecule has 7 heteroatoms. The maximum Gasteiger partial charge on any atom is 0.239 e. The number of methoxy groups -OCH3 is 1. The van der Waals surface area contributed by atoms with E-state index in [1.54, 1.807) is 13.3 Å². The molecule has 24 heavy (non-hydrogen) atoms. The molecule has 134 valence electrons. The van der Waals surface area contributed by atoms with Gasteiger partial charge < -0.3 is 10.1 Å². The molecular formula is C17H29N5O2. The summed E-state index contributed by atoms with van der Waals surface area (Å²) in [6, 6.07) is 2.25. The number of carbonyl (C=O) groups excluding carboxylic acids is 1. The number of nitrogens with one attached hydrogen (secondary N) is 1. The van der Waals surface area contributed by atoms with Crippen LogP contribution < -0.4 is 5.32 Å². The zero-order valence-electron chi connectivity index (χ0n) is 14.8. The Morgan fingerprint density at radius 2 is 2.04 bits per heavy atom. The molecule has 2 fully saturated rings. The Hall–Kier alpha value is -1.44. The lowest BCUT2D eigenvalue weighted by Crippen LogP contribution is -2.49. The second-order valence-corrected chi connectivity index (χ2v) is 6.90. The van der Waals surface area contributed by atoms with Gasteiger partial charge in [0, 0.05) is 45.9 Å². The van der Waals surface area contributed by atoms with E-state index < -0.39 is 0 Å². The maximum absolute atomic E-state index is 12.4. The van der Waals surface area contributed by atoms with Crippen LogP contribution >= 0.6 is 0 Å². The minimum atomic E-state index is 0.0464. The number of aromatic nitrogens is 2. The SMILES string of the molecule is COCCN1CCN(CC(=O)Nc2ccnn2C(C)C2CC2)CC1. The first-order valence-corrected chi connectivity index (χ1v) is 8.94. The van der Waals surface area contributed by atoms with Crippen LogP contribution in [0.5, 0.6) is 0 Å². The molecule has 1 N–H and O–H groups in total. The molecule has 0 aromatic carbocycles. The van der Waals surface area contributed by atoms with Crippen LogP contribution in [0.4, 0.5) is 5.82 Å². The highest BCUT2D eigenvalue weighted by Gasteiger charge is 2.31. The first-order chi connectivity index (χ1) is 11.7. The Bertz CT molecular complexity index is 535. The molecule has 2 aliphatic rings. The standard InChI is InChI=1S/C17H29N5O2/c1-14(15-3-4-15)22-16(5-6-18-22)19-17(23)13-21-9-7-20(8-10-21)11-12-24-2/h5-6,14-15H,3-4,7-13H2,1-2H3,(H,19,23). The number of anilines is 1. The van der Waals surface area contributed by atoms with Gasteiger partial charge in [0.25, 0.3) is 0 Å². The summed E-state index contributed by atoms with van der Waals surface area (Å²) < 4.78 is 7.08. The summed E-state index contributed by atoms with van der Waals surface area (Å²) in [5.74, 6) is 1.57. The van der Waals surface area contributed by atoms with Crippen molar-refractivity contribution in [2.45, 2.75) is 25.8 Å². The molecule has 3 rings (SSSR count). The molecule has 1 saturated carbocycles. The quantitative estimate of drug-likeness (QED) is 0.770. The summed E-state index contributed by atoms with van der Waals surface area (Å²) in [4.78, 5) is 17.0. The topological polar surface area (TPSA) is 62.6 Å². The first kappa shape index (κ1) is 17.4. The van der Waals surface area contributed by atoms with Gasteiger partial charge in [0.1, 0.15) is 5.82 Å². The lowest BCUT2D eigenvalue weighted by molar-refractivity contribution is -0.117. The number of piperazine rings is 1. The van der Waals surface area contributed by atoms with Crippen molar-refractivity contribution < 1.29 is 9.53 Å². The van der Waals surface area contributed by atoms with E-state index in [1.165, 1.54) is 12.8 Å². The molecule has 1 amide bonds. The Morgan fingerprint density at radius 1 is 1.33 bits per heavy atom. The predicted octanol–water partition coefficient (Wildman–Crippen LogP) is 1.06. The van der Waals surface area contributed by atoms with Crippen molar-refractivity contribution in [3.05, 3.63) is 12.3 Å². The number of carbonyl (C=O) groups is 1. The highest BCUT2D eigenvalue weighted by Crippen LogP contribution is 2.40. The molecule has 1 aliphatic carbocycles. The highest BCUT2D eigenvalue weighted by atomic mass is 16.5. The highest BCUT2D eigenvalue weighted by molar-refractivity contribution is 5.91. The molecule has 1 aromatic heterocycles. The van der Waals surface area contributed by atoms with Crippen LogP contribution in [0, 0.1) is 5.92 Å². The molecule has 0 bridgehead atoms. The van der Waals surface area contributed by atoms with E-state index in [2.05, 4.69) is 27.1 Å². The van der Waals surface area contributed by atoms with Gasteiger partial charge in [-0.2, -0.15) is 5.10 Å². The second kappa shape index (κ2) is 8.09. The van der Waals surface area contributed by atoms with Crippen molar-refractivity contribution in [2.75, 3.05) is 58.3 Å². The number of hydrogen-bond donors (Lipinski definition) is 1. The lowest BCUT2D eigenvalue weighted by atomic mass is 10.2. The second-order valence-electron chi connectivity index (χ2n) is 6.90. The van der Waals surface area contributed by atoms with E-state index in [0.717, 1.165) is 45.1 Å². The number of nitrogens with zero attached hydrogens (tertiary/aromatic N) is 4. The van der Waals surface area contributed by atoms with Crippen LogP contribution in [-0.2, 0) is 9.53 Å². The van der Waals surface area contributed by atoms with Crippen molar-refractivity contribution in [3.63, 3.8) is 0 Å². The van der Waals surface area contributed by atoms with E-state index in [-0.39, 0.29) is 5.91 Å². The van der Waals surface area contributed by atoms with Crippen LogP contribution in [0.3, 0.4) is 0 Å². The van der Waals surface area contributed by atoms with Gasteiger partial charge in [-0.05, 0) is 25.7 Å². The summed E-state index contributed by atoms with van der Waals surface area (Å²) in [6.45, 7) is 8.20. The fraction of sp³-hybridized carbons (Fsp3) is 0.765. The molecule has 0 radical (unpaired) electrons. The van der Waals surface area contributed by atoms with Gasteiger partial charge in [-0.3, -0.25) is 14.6 Å². The van der Waals surface area contributed by atoms with E-state index in [0.29, 0.717) is 18.5 Å². The van der Waals surface area contributed by atoms with Gasteiger partial charge in [-0.1, -0.05) is 0 Å². The molecule has 1 unspecified atom stereocenters. The number of hydrogen-bond acceptors (Lipinski definition) is 5. The number of rotatable bonds is 8. The third-order valence-electron chi connectivity index (χ3n) is 5.07. The Balaban J connectivity index is 1.44. The summed E-state index contributed by atoms with van der Waals surface area (Å²) in [7, 11) is 1.73. The van der Waals surface area contributed by atoms with Crippen molar-refractivity contribution in [1.29, 1.82) is 0 Å². The Labute approximate surface area is 143 Å². The number of ether oxygens (including phenoxy) is 1. The van der Waals surface area contributed by atoms with Crippen molar-refractivity contribution >= 4 is 11.7 Å². The van der Waals surface area contributed by atoms with Gasteiger partial charge in [-0.15, -0.1) is 0 Å². The third-order valence-corrected chi connectivity index (χ3v) is 5.07. The largest absolute Gasteiger partial charge is 0.383 e. The fourth-order valence-corrected chi connectivity index (χ4v) is 3.29. The smallest absolute Gasteiger partial charge is 0.239 e. The molecular weight excluding hydrogens is 306 g/mol. The van der Waals surface area contributed by atoms with Crippen molar-refractivity contribution in [3.8, 4) is 0 Å². The van der Waals surface area contributed by atoms with Gasteiger partial charge >= 0.3 is 0 Å². The minimum absolute atomic E-state index is 0.0464. The molecule has 0 spiro atoms. The van der Waals surface area contributed by atoms with Crippen LogP contribution in [0.15, 0.2) is 12.3 Å². The van der Waals surface area contributed by atoms with Crippen LogP contribution in [-0.4, -0.2) is 78.5 Å². The number of amides is 1. The third kappa shape index (κ3) is 4.55. The van der Waals surface area contributed by atoms with Crippen LogP contribution in [0.1, 0.15) is 25.8 Å². The van der Waals surface area contributed by atoms with E-state index in [9.17, 15) is 4.79 Å². The van der Waals surface area contributed by atoms with Crippen LogP contribution in [0.25, 0.3) is 0 Å². The molecule has 7 nitrogen and oxygen atoms in total. The Morgan fingerprint density at radius 3 is 2.71 bits per heavy atom. The predicted molar refractivity (Wildman–Crippen MR) is 93.0 cm³/mol. The summed E-state index contributed by atoms with van der Waals surface area (Å²) >= 11 is 0. The first-order valence-electron chi connectivity index (χ1n) is 8.94. The molecule has 1 aliphatic heterocycles. The molecule has 1 saturated heterocycles. The van der Waals surface area contributed by atoms with E-state index in [1.807, 2.05) is 10.7 Å². The van der Waals surface area contributed by atoms with E-state index in [4.69, 9.17) is 4.74 Å². The van der Waals surface area contributed by atoms with Gasteiger partial charge in [-0.25, -0.2) is 4.68 Å². The average molecular weight is 335 g/mol. The normalized spacial score (nSPS) is 20.9. The van der Waals surface area contributed by atoms with E-state index >= 15 is 0 Å². The van der Waals surface area contributed by atoms with Gasteiger partial charge in [0.2, 0.25) is 5.91 Å². The zero-order chi connectivity index (χ0) is 16.9. The van der Waals surface area contributed by atoms with Gasteiger partial charge in [0.15, 0.2) is 0 Å².